The Balaban J connectivity index is 1.32. The number of tetrazole rings is 1. The molecule has 3 heterocycles. The van der Waals surface area contributed by atoms with Crippen LogP contribution >= 0.6 is 23.5 Å². The van der Waals surface area contributed by atoms with E-state index in [4.69, 9.17) is 4.42 Å². The van der Waals surface area contributed by atoms with Crippen molar-refractivity contribution >= 4 is 46.4 Å². The van der Waals surface area contributed by atoms with E-state index in [-0.39, 0.29) is 5.91 Å². The van der Waals surface area contributed by atoms with Gasteiger partial charge in [0.2, 0.25) is 5.16 Å². The molecule has 4 aromatic rings. The van der Waals surface area contributed by atoms with Crippen LogP contribution in [0.1, 0.15) is 16.9 Å². The standard InChI is InChI=1S/C23H18N6O2S2/c1-14-8-9-15(2)18(12-14)24-22-25-21(30)19(32-22)13-17-10-11-20(31-17)33-23-26-27-28-29(23)16-6-4-3-5-7-16/h3-13H,1-2H3,(H,24,25,30)/b19-13-. The van der Waals surface area contributed by atoms with Gasteiger partial charge in [0.05, 0.1) is 16.3 Å². The molecular formula is C23H18N6O2S2. The van der Waals surface area contributed by atoms with Gasteiger partial charge >= 0.3 is 0 Å². The molecule has 0 unspecified atom stereocenters. The summed E-state index contributed by atoms with van der Waals surface area (Å²) in [6.07, 6.45) is 1.70. The molecule has 2 aromatic heterocycles. The number of aliphatic imine (C=N–C) groups is 1. The minimum Gasteiger partial charge on any atom is -0.450 e. The highest BCUT2D eigenvalue weighted by Gasteiger charge is 2.24. The van der Waals surface area contributed by atoms with Crippen molar-refractivity contribution in [3.8, 4) is 5.69 Å². The van der Waals surface area contributed by atoms with Gasteiger partial charge < -0.3 is 9.73 Å². The zero-order chi connectivity index (χ0) is 22.8. The Labute approximate surface area is 198 Å². The SMILES string of the molecule is Cc1ccc(C)c(N=C2NC(=O)/C(=C/c3ccc(Sc4nnnn4-c4ccccc4)o3)S2)c1. The van der Waals surface area contributed by atoms with E-state index in [1.54, 1.807) is 16.8 Å². The van der Waals surface area contributed by atoms with E-state index in [0.717, 1.165) is 22.5 Å². The number of amides is 1. The first-order valence-electron chi connectivity index (χ1n) is 10.0. The summed E-state index contributed by atoms with van der Waals surface area (Å²) in [5.74, 6) is 0.351. The largest absolute Gasteiger partial charge is 0.450 e. The van der Waals surface area contributed by atoms with Gasteiger partial charge in [0.25, 0.3) is 5.91 Å². The van der Waals surface area contributed by atoms with Crippen LogP contribution in [-0.2, 0) is 4.79 Å². The molecule has 0 aliphatic carbocycles. The topological polar surface area (TPSA) is 98.2 Å². The highest BCUT2D eigenvalue weighted by Crippen LogP contribution is 2.32. The van der Waals surface area contributed by atoms with Gasteiger partial charge in [0, 0.05) is 6.08 Å². The van der Waals surface area contributed by atoms with E-state index < -0.39 is 0 Å². The van der Waals surface area contributed by atoms with Crippen molar-refractivity contribution in [2.24, 2.45) is 4.99 Å². The Morgan fingerprint density at radius 2 is 1.97 bits per heavy atom. The number of furan rings is 1. The number of amidine groups is 1. The van der Waals surface area contributed by atoms with Crippen molar-refractivity contribution < 1.29 is 9.21 Å². The number of para-hydroxylation sites is 1. The summed E-state index contributed by atoms with van der Waals surface area (Å²) < 4.78 is 7.53. The predicted molar refractivity (Wildman–Crippen MR) is 129 cm³/mol. The summed E-state index contributed by atoms with van der Waals surface area (Å²) in [5, 5.41) is 16.4. The van der Waals surface area contributed by atoms with E-state index in [0.29, 0.717) is 26.1 Å². The van der Waals surface area contributed by atoms with Crippen molar-refractivity contribution in [3.05, 3.63) is 82.5 Å². The van der Waals surface area contributed by atoms with Gasteiger partial charge in [-0.3, -0.25) is 4.79 Å². The summed E-state index contributed by atoms with van der Waals surface area (Å²) in [6.45, 7) is 4.01. The lowest BCUT2D eigenvalue weighted by Crippen LogP contribution is -2.19. The number of hydrogen-bond acceptors (Lipinski definition) is 8. The maximum atomic E-state index is 12.4. The molecule has 0 spiro atoms. The second-order valence-electron chi connectivity index (χ2n) is 7.24. The Morgan fingerprint density at radius 3 is 2.82 bits per heavy atom. The number of carbonyl (C=O) groups is 1. The Kier molecular flexibility index (Phi) is 5.84. The first kappa shape index (κ1) is 21.2. The molecule has 0 atom stereocenters. The molecule has 0 bridgehead atoms. The fourth-order valence-electron chi connectivity index (χ4n) is 3.09. The molecule has 164 valence electrons. The van der Waals surface area contributed by atoms with Crippen LogP contribution in [-0.4, -0.2) is 31.3 Å². The molecule has 0 radical (unpaired) electrons. The van der Waals surface area contributed by atoms with E-state index in [1.807, 2.05) is 68.4 Å². The van der Waals surface area contributed by atoms with Crippen LogP contribution in [0.25, 0.3) is 11.8 Å². The van der Waals surface area contributed by atoms with Gasteiger partial charge in [-0.25, -0.2) is 4.99 Å². The summed E-state index contributed by atoms with van der Waals surface area (Å²) in [5.41, 5.74) is 3.86. The summed E-state index contributed by atoms with van der Waals surface area (Å²) >= 11 is 2.58. The number of hydrogen-bond donors (Lipinski definition) is 1. The van der Waals surface area contributed by atoms with Crippen molar-refractivity contribution in [3.63, 3.8) is 0 Å². The smallest absolute Gasteiger partial charge is 0.264 e. The molecule has 1 amide bonds. The van der Waals surface area contributed by atoms with Crippen LogP contribution in [0.15, 0.2) is 85.2 Å². The Hall–Kier alpha value is -3.63. The molecule has 1 N–H and O–H groups in total. The molecule has 1 aliphatic heterocycles. The first-order valence-corrected chi connectivity index (χ1v) is 11.7. The third kappa shape index (κ3) is 4.76. The number of thioether (sulfide) groups is 1. The number of aromatic nitrogens is 4. The quantitative estimate of drug-likeness (QED) is 0.410. The van der Waals surface area contributed by atoms with Crippen molar-refractivity contribution in [2.45, 2.75) is 24.1 Å². The van der Waals surface area contributed by atoms with Crippen LogP contribution in [0.5, 0.6) is 0 Å². The third-order valence-electron chi connectivity index (χ3n) is 4.75. The van der Waals surface area contributed by atoms with E-state index in [9.17, 15) is 4.79 Å². The van der Waals surface area contributed by atoms with Crippen LogP contribution in [0.3, 0.4) is 0 Å². The fraction of sp³-hybridized carbons (Fsp3) is 0.0870. The highest BCUT2D eigenvalue weighted by atomic mass is 32.2. The van der Waals surface area contributed by atoms with Gasteiger partial charge in [-0.2, -0.15) is 4.68 Å². The second-order valence-corrected chi connectivity index (χ2v) is 9.24. The number of benzene rings is 2. The van der Waals surface area contributed by atoms with Gasteiger partial charge in [0.15, 0.2) is 10.3 Å². The zero-order valence-corrected chi connectivity index (χ0v) is 19.4. The average molecular weight is 475 g/mol. The molecule has 2 aromatic carbocycles. The zero-order valence-electron chi connectivity index (χ0n) is 17.7. The van der Waals surface area contributed by atoms with Gasteiger partial charge in [0.1, 0.15) is 5.76 Å². The van der Waals surface area contributed by atoms with Crippen molar-refractivity contribution in [2.75, 3.05) is 0 Å². The number of nitrogens with zero attached hydrogens (tertiary/aromatic N) is 5. The maximum absolute atomic E-state index is 12.4. The maximum Gasteiger partial charge on any atom is 0.264 e. The minimum atomic E-state index is -0.206. The number of carbonyl (C=O) groups excluding carboxylic acids is 1. The van der Waals surface area contributed by atoms with Crippen molar-refractivity contribution in [1.29, 1.82) is 0 Å². The van der Waals surface area contributed by atoms with Crippen LogP contribution in [0, 0.1) is 13.8 Å². The molecule has 1 aliphatic rings. The van der Waals surface area contributed by atoms with Crippen LogP contribution in [0.2, 0.25) is 0 Å². The van der Waals surface area contributed by atoms with E-state index in [1.165, 1.54) is 23.5 Å². The molecule has 10 heteroatoms. The number of aryl methyl sites for hydroxylation is 2. The molecule has 0 saturated carbocycles. The number of rotatable bonds is 5. The lowest BCUT2D eigenvalue weighted by atomic mass is 10.1. The third-order valence-corrected chi connectivity index (χ3v) is 6.51. The molecule has 33 heavy (non-hydrogen) atoms. The predicted octanol–water partition coefficient (Wildman–Crippen LogP) is 4.91. The summed E-state index contributed by atoms with van der Waals surface area (Å²) in [7, 11) is 0. The normalized spacial score (nSPS) is 16.0. The van der Waals surface area contributed by atoms with E-state index in [2.05, 4.69) is 25.8 Å². The lowest BCUT2D eigenvalue weighted by Gasteiger charge is -2.02. The highest BCUT2D eigenvalue weighted by molar-refractivity contribution is 8.18. The molecular weight excluding hydrogens is 456 g/mol. The van der Waals surface area contributed by atoms with Crippen LogP contribution < -0.4 is 5.32 Å². The first-order chi connectivity index (χ1) is 16.0. The summed E-state index contributed by atoms with van der Waals surface area (Å²) in [4.78, 5) is 17.6. The van der Waals surface area contributed by atoms with Gasteiger partial charge in [-0.1, -0.05) is 30.3 Å². The fourth-order valence-corrected chi connectivity index (χ4v) is 4.66. The van der Waals surface area contributed by atoms with Gasteiger partial charge in [-0.05, 0) is 89.3 Å². The molecule has 1 fully saturated rings. The van der Waals surface area contributed by atoms with E-state index >= 15 is 0 Å². The van der Waals surface area contributed by atoms with Crippen molar-refractivity contribution in [1.82, 2.24) is 25.5 Å². The van der Waals surface area contributed by atoms with Crippen LogP contribution in [0.4, 0.5) is 5.69 Å². The Bertz CT molecular complexity index is 1390. The molecule has 8 nitrogen and oxygen atoms in total. The minimum absolute atomic E-state index is 0.206. The Morgan fingerprint density at radius 1 is 1.12 bits per heavy atom. The average Bonchev–Trinajstić information content (AvgIpc) is 3.53. The van der Waals surface area contributed by atoms with Gasteiger partial charge in [-0.15, -0.1) is 5.10 Å². The molecule has 5 rings (SSSR count). The number of nitrogens with one attached hydrogen (secondary N) is 1. The summed E-state index contributed by atoms with van der Waals surface area (Å²) in [6, 6.07) is 19.3. The lowest BCUT2D eigenvalue weighted by molar-refractivity contribution is -0.115. The second kappa shape index (κ2) is 9.08. The molecule has 1 saturated heterocycles. The monoisotopic (exact) mass is 474 g/mol.